The van der Waals surface area contributed by atoms with Crippen molar-refractivity contribution in [2.24, 2.45) is 0 Å². The minimum Gasteiger partial charge on any atom is -0.394 e. The number of halogens is 3. The number of pyridine rings is 1. The highest BCUT2D eigenvalue weighted by Gasteiger charge is 2.21. The van der Waals surface area contributed by atoms with Crippen LogP contribution in [-0.2, 0) is 17.7 Å². The summed E-state index contributed by atoms with van der Waals surface area (Å²) in [6.07, 6.45) is 1.02. The number of aryl methyl sites for hydroxylation is 1. The van der Waals surface area contributed by atoms with Crippen LogP contribution < -0.4 is 5.56 Å². The summed E-state index contributed by atoms with van der Waals surface area (Å²) < 4.78 is 35.4. The van der Waals surface area contributed by atoms with Crippen LogP contribution in [-0.4, -0.2) is 35.3 Å². The largest absolute Gasteiger partial charge is 0.394 e. The molecule has 1 heterocycles. The van der Waals surface area contributed by atoms with Crippen LogP contribution in [0, 0.1) is 11.6 Å². The number of Topliss-reactive ketones (excluding diaryl/α,β-unsaturated/α-hetero) is 1. The van der Waals surface area contributed by atoms with Gasteiger partial charge in [0, 0.05) is 34.8 Å². The first-order valence-corrected chi connectivity index (χ1v) is 8.75. The van der Waals surface area contributed by atoms with E-state index in [1.54, 1.807) is 13.0 Å². The molecular weight excluding hydrogens is 412 g/mol. The van der Waals surface area contributed by atoms with Crippen molar-refractivity contribution in [2.45, 2.75) is 19.9 Å². The van der Waals surface area contributed by atoms with E-state index in [-0.39, 0.29) is 49.5 Å². The fourth-order valence-corrected chi connectivity index (χ4v) is 2.81. The van der Waals surface area contributed by atoms with Gasteiger partial charge in [-0.2, -0.15) is 0 Å². The first kappa shape index (κ1) is 20.4. The predicted molar refractivity (Wildman–Crippen MR) is 95.5 cm³/mol. The van der Waals surface area contributed by atoms with E-state index in [0.29, 0.717) is 4.47 Å². The number of carbonyl (C=O) groups is 1. The summed E-state index contributed by atoms with van der Waals surface area (Å²) in [5.74, 6) is -2.21. The van der Waals surface area contributed by atoms with Crippen LogP contribution in [0.3, 0.4) is 0 Å². The maximum Gasteiger partial charge on any atom is 0.286 e. The molecule has 140 valence electrons. The molecule has 0 spiro atoms. The first-order valence-electron chi connectivity index (χ1n) is 7.96. The number of carbonyl (C=O) groups excluding carboxylic acids is 1. The van der Waals surface area contributed by atoms with Gasteiger partial charge in [-0.05, 0) is 24.6 Å². The zero-order chi connectivity index (χ0) is 19.3. The van der Waals surface area contributed by atoms with Crippen molar-refractivity contribution in [2.75, 3.05) is 19.8 Å². The molecule has 2 rings (SSSR count). The second-order valence-corrected chi connectivity index (χ2v) is 6.45. The van der Waals surface area contributed by atoms with Gasteiger partial charge in [0.15, 0.2) is 11.6 Å². The van der Waals surface area contributed by atoms with Crippen LogP contribution in [0.2, 0.25) is 0 Å². The monoisotopic (exact) mass is 429 g/mol. The van der Waals surface area contributed by atoms with Gasteiger partial charge in [-0.3, -0.25) is 9.59 Å². The molecule has 0 unspecified atom stereocenters. The van der Waals surface area contributed by atoms with E-state index in [2.05, 4.69) is 15.9 Å². The molecule has 2 aromatic rings. The lowest BCUT2D eigenvalue weighted by molar-refractivity contribution is 0.0662. The molecule has 0 aliphatic heterocycles. The number of aliphatic hydroxyl groups is 1. The Bertz CT molecular complexity index is 867. The van der Waals surface area contributed by atoms with Crippen LogP contribution in [0.1, 0.15) is 28.4 Å². The normalized spacial score (nSPS) is 11.0. The van der Waals surface area contributed by atoms with Crippen LogP contribution in [0.15, 0.2) is 33.7 Å². The summed E-state index contributed by atoms with van der Waals surface area (Å²) in [6.45, 7) is 1.15. The predicted octanol–water partition coefficient (Wildman–Crippen LogP) is 2.69. The Balaban J connectivity index is 2.49. The van der Waals surface area contributed by atoms with E-state index >= 15 is 0 Å². The number of ketones is 1. The molecule has 0 amide bonds. The molecule has 0 saturated heterocycles. The Kier molecular flexibility index (Phi) is 7.19. The fraction of sp³-hybridized carbons (Fsp3) is 0.333. The lowest BCUT2D eigenvalue weighted by Crippen LogP contribution is -2.28. The maximum atomic E-state index is 14.7. The smallest absolute Gasteiger partial charge is 0.286 e. The number of ether oxygens (including phenoxy) is 1. The summed E-state index contributed by atoms with van der Waals surface area (Å²) >= 11 is 3.14. The molecule has 1 N–H and O–H groups in total. The molecule has 1 aromatic carbocycles. The third kappa shape index (κ3) is 4.63. The van der Waals surface area contributed by atoms with Gasteiger partial charge in [-0.1, -0.05) is 22.0 Å². The minimum atomic E-state index is -1.08. The van der Waals surface area contributed by atoms with Gasteiger partial charge >= 0.3 is 0 Å². The second kappa shape index (κ2) is 9.16. The van der Waals surface area contributed by atoms with E-state index in [0.717, 1.165) is 4.57 Å². The average Bonchev–Trinajstić information content (AvgIpc) is 2.61. The van der Waals surface area contributed by atoms with Crippen molar-refractivity contribution in [1.29, 1.82) is 0 Å². The molecule has 0 aliphatic carbocycles. The van der Waals surface area contributed by atoms with E-state index in [9.17, 15) is 18.4 Å². The minimum absolute atomic E-state index is 0.0378. The van der Waals surface area contributed by atoms with Crippen LogP contribution in [0.5, 0.6) is 0 Å². The third-order valence-electron chi connectivity index (χ3n) is 3.82. The first-order chi connectivity index (χ1) is 12.4. The summed E-state index contributed by atoms with van der Waals surface area (Å²) in [7, 11) is 0. The topological polar surface area (TPSA) is 68.5 Å². The van der Waals surface area contributed by atoms with Crippen molar-refractivity contribution in [3.8, 4) is 0 Å². The molecule has 0 saturated carbocycles. The maximum absolute atomic E-state index is 14.7. The number of aliphatic hydroxyl groups excluding tert-OH is 1. The molecule has 5 nitrogen and oxygen atoms in total. The Morgan fingerprint density at radius 1 is 1.35 bits per heavy atom. The standard InChI is InChI=1S/C18H18BrF2NO4/c1-2-22-9-14(16(24)10-26-6-5-23)13(17(21)18(22)25)7-11-3-4-12(19)8-15(11)20/h3-4,8-9,23H,2,5-7,10H2,1H3. The van der Waals surface area contributed by atoms with E-state index < -0.39 is 23.0 Å². The number of benzene rings is 1. The van der Waals surface area contributed by atoms with Gasteiger partial charge in [-0.15, -0.1) is 0 Å². The molecule has 8 heteroatoms. The molecule has 0 bridgehead atoms. The van der Waals surface area contributed by atoms with Crippen molar-refractivity contribution in [3.63, 3.8) is 0 Å². The van der Waals surface area contributed by atoms with Crippen molar-refractivity contribution < 1.29 is 23.4 Å². The molecule has 26 heavy (non-hydrogen) atoms. The number of hydrogen-bond acceptors (Lipinski definition) is 4. The molecule has 0 aliphatic rings. The Labute approximate surface area is 157 Å². The van der Waals surface area contributed by atoms with Gasteiger partial charge in [0.1, 0.15) is 12.4 Å². The molecular formula is C18H18BrF2NO4. The van der Waals surface area contributed by atoms with E-state index in [4.69, 9.17) is 9.84 Å². The van der Waals surface area contributed by atoms with E-state index in [1.165, 1.54) is 18.3 Å². The lowest BCUT2D eigenvalue weighted by Gasteiger charge is -2.14. The third-order valence-corrected chi connectivity index (χ3v) is 4.31. The van der Waals surface area contributed by atoms with Gasteiger partial charge < -0.3 is 14.4 Å². The Morgan fingerprint density at radius 2 is 2.08 bits per heavy atom. The molecule has 0 fully saturated rings. The Hall–Kier alpha value is -1.90. The van der Waals surface area contributed by atoms with Crippen LogP contribution in [0.4, 0.5) is 8.78 Å². The zero-order valence-corrected chi connectivity index (χ0v) is 15.7. The second-order valence-electron chi connectivity index (χ2n) is 5.54. The summed E-state index contributed by atoms with van der Waals surface area (Å²) in [4.78, 5) is 24.5. The summed E-state index contributed by atoms with van der Waals surface area (Å²) in [6, 6.07) is 4.28. The van der Waals surface area contributed by atoms with Crippen molar-refractivity contribution >= 4 is 21.7 Å². The zero-order valence-electron chi connectivity index (χ0n) is 14.1. The van der Waals surface area contributed by atoms with Gasteiger partial charge in [-0.25, -0.2) is 8.78 Å². The summed E-state index contributed by atoms with van der Waals surface area (Å²) in [5, 5.41) is 8.73. The van der Waals surface area contributed by atoms with Crippen molar-refractivity contribution in [1.82, 2.24) is 4.57 Å². The van der Waals surface area contributed by atoms with Gasteiger partial charge in [0.25, 0.3) is 5.56 Å². The SMILES string of the molecule is CCn1cc(C(=O)COCCO)c(Cc2ccc(Br)cc2F)c(F)c1=O. The van der Waals surface area contributed by atoms with Crippen molar-refractivity contribution in [3.05, 3.63) is 67.5 Å². The van der Waals surface area contributed by atoms with Gasteiger partial charge in [0.05, 0.1) is 13.2 Å². The molecule has 1 aromatic heterocycles. The average molecular weight is 430 g/mol. The molecule has 0 atom stereocenters. The quantitative estimate of drug-likeness (QED) is 0.517. The number of aromatic nitrogens is 1. The van der Waals surface area contributed by atoms with E-state index in [1.807, 2.05) is 0 Å². The fourth-order valence-electron chi connectivity index (χ4n) is 2.48. The van der Waals surface area contributed by atoms with Crippen LogP contribution >= 0.6 is 15.9 Å². The lowest BCUT2D eigenvalue weighted by atomic mass is 9.98. The van der Waals surface area contributed by atoms with Crippen LogP contribution in [0.25, 0.3) is 0 Å². The highest BCUT2D eigenvalue weighted by atomic mass is 79.9. The summed E-state index contributed by atoms with van der Waals surface area (Å²) in [5.41, 5.74) is -0.915. The van der Waals surface area contributed by atoms with Gasteiger partial charge in [0.2, 0.25) is 0 Å². The number of nitrogens with zero attached hydrogens (tertiary/aromatic N) is 1. The highest BCUT2D eigenvalue weighted by Crippen LogP contribution is 2.21. The highest BCUT2D eigenvalue weighted by molar-refractivity contribution is 9.10. The Morgan fingerprint density at radius 3 is 2.69 bits per heavy atom. The number of rotatable bonds is 8. The number of hydrogen-bond donors (Lipinski definition) is 1. The molecule has 0 radical (unpaired) electrons.